The van der Waals surface area contributed by atoms with Gasteiger partial charge in [0.1, 0.15) is 6.10 Å². The van der Waals surface area contributed by atoms with E-state index in [0.717, 1.165) is 0 Å². The predicted molar refractivity (Wildman–Crippen MR) is 156 cm³/mol. The Bertz CT molecular complexity index is 1470. The zero-order chi connectivity index (χ0) is 26.1. The van der Waals surface area contributed by atoms with Crippen molar-refractivity contribution in [2.45, 2.75) is 45.2 Å². The lowest BCUT2D eigenvalue weighted by Gasteiger charge is -2.23. The summed E-state index contributed by atoms with van der Waals surface area (Å²) in [5, 5.41) is 15.6. The van der Waals surface area contributed by atoms with E-state index in [1.54, 1.807) is 0 Å². The van der Waals surface area contributed by atoms with Gasteiger partial charge in [-0.05, 0) is 38.1 Å². The number of nitrogens with zero attached hydrogens (tertiary/aromatic N) is 2. The van der Waals surface area contributed by atoms with Crippen molar-refractivity contribution < 1.29 is 14.6 Å². The van der Waals surface area contributed by atoms with E-state index in [9.17, 15) is 5.11 Å². The summed E-state index contributed by atoms with van der Waals surface area (Å²) in [6.07, 6.45) is -0.797. The highest BCUT2D eigenvalue weighted by molar-refractivity contribution is 6.08. The molecule has 6 rings (SSSR count). The van der Waals surface area contributed by atoms with E-state index in [4.69, 9.17) is 9.47 Å². The zero-order valence-corrected chi connectivity index (χ0v) is 22.0. The highest BCUT2D eigenvalue weighted by atomic mass is 16.5. The van der Waals surface area contributed by atoms with Crippen LogP contribution in [0.25, 0.3) is 43.6 Å². The first-order valence-corrected chi connectivity index (χ1v) is 13.4. The Balaban J connectivity index is 1.39. The summed E-state index contributed by atoms with van der Waals surface area (Å²) >= 11 is 0. The first kappa shape index (κ1) is 24.7. The maximum atomic E-state index is 10.6. The van der Waals surface area contributed by atoms with E-state index >= 15 is 0 Å². The van der Waals surface area contributed by atoms with Gasteiger partial charge in [-0.15, -0.1) is 0 Å². The van der Waals surface area contributed by atoms with Gasteiger partial charge in [0.15, 0.2) is 0 Å². The van der Waals surface area contributed by atoms with Gasteiger partial charge in [0.25, 0.3) is 0 Å². The van der Waals surface area contributed by atoms with Crippen molar-refractivity contribution >= 4 is 43.6 Å². The molecule has 0 saturated heterocycles. The van der Waals surface area contributed by atoms with Gasteiger partial charge in [-0.3, -0.25) is 0 Å². The van der Waals surface area contributed by atoms with Crippen LogP contribution >= 0.6 is 0 Å². The molecule has 0 amide bonds. The Morgan fingerprint density at radius 3 is 1.26 bits per heavy atom. The molecule has 0 spiro atoms. The number of hydrogen-bond acceptors (Lipinski definition) is 3. The number of aromatic nitrogens is 2. The van der Waals surface area contributed by atoms with E-state index in [0.29, 0.717) is 13.1 Å². The molecule has 0 aliphatic heterocycles. The fraction of sp³-hybridized carbons (Fsp3) is 0.273. The SMILES string of the molecule is CC(C)OCC(O)COC(Cn1c2ccccc2c2ccccc21)Cn1c2ccccc2c2ccccc21. The summed E-state index contributed by atoms with van der Waals surface area (Å²) in [4.78, 5) is 0. The minimum atomic E-state index is -0.684. The highest BCUT2D eigenvalue weighted by Gasteiger charge is 2.20. The number of aliphatic hydroxyl groups excluding tert-OH is 1. The molecule has 0 fully saturated rings. The van der Waals surface area contributed by atoms with Gasteiger partial charge >= 0.3 is 0 Å². The van der Waals surface area contributed by atoms with Crippen molar-refractivity contribution in [2.75, 3.05) is 13.2 Å². The molecule has 38 heavy (non-hydrogen) atoms. The molecule has 0 saturated carbocycles. The quantitative estimate of drug-likeness (QED) is 0.223. The van der Waals surface area contributed by atoms with Crippen molar-refractivity contribution in [1.29, 1.82) is 0 Å². The van der Waals surface area contributed by atoms with Crippen molar-refractivity contribution in [3.8, 4) is 0 Å². The predicted octanol–water partition coefficient (Wildman–Crippen LogP) is 6.77. The summed E-state index contributed by atoms with van der Waals surface area (Å²) < 4.78 is 16.9. The van der Waals surface area contributed by atoms with Gasteiger partial charge in [-0.2, -0.15) is 0 Å². The Morgan fingerprint density at radius 1 is 0.553 bits per heavy atom. The molecule has 1 atom stereocenters. The lowest BCUT2D eigenvalue weighted by Crippen LogP contribution is -2.31. The summed E-state index contributed by atoms with van der Waals surface area (Å²) in [6, 6.07) is 34.2. The molecule has 6 aromatic rings. The van der Waals surface area contributed by atoms with Crippen LogP contribution in [0.15, 0.2) is 97.1 Å². The topological polar surface area (TPSA) is 48.5 Å². The Labute approximate surface area is 222 Å². The number of benzene rings is 4. The van der Waals surface area contributed by atoms with Crippen LogP contribution in [-0.2, 0) is 22.6 Å². The smallest absolute Gasteiger partial charge is 0.101 e. The first-order valence-electron chi connectivity index (χ1n) is 13.4. The lowest BCUT2D eigenvalue weighted by atomic mass is 10.2. The normalized spacial score (nSPS) is 13.1. The van der Waals surface area contributed by atoms with Crippen LogP contribution in [-0.4, -0.2) is 45.8 Å². The second-order valence-electron chi connectivity index (χ2n) is 10.3. The summed E-state index contributed by atoms with van der Waals surface area (Å²) in [5.74, 6) is 0. The molecule has 1 N–H and O–H groups in total. The number of fused-ring (bicyclic) bond motifs is 6. The van der Waals surface area contributed by atoms with Gasteiger partial charge in [0, 0.05) is 43.6 Å². The average molecular weight is 507 g/mol. The number of rotatable bonds is 10. The highest BCUT2D eigenvalue weighted by Crippen LogP contribution is 2.31. The fourth-order valence-corrected chi connectivity index (χ4v) is 5.57. The molecule has 0 aliphatic carbocycles. The molecule has 0 bridgehead atoms. The first-order chi connectivity index (χ1) is 18.6. The van der Waals surface area contributed by atoms with Crippen LogP contribution in [0.3, 0.4) is 0 Å². The Kier molecular flexibility index (Phi) is 6.90. The van der Waals surface area contributed by atoms with E-state index in [2.05, 4.69) is 106 Å². The van der Waals surface area contributed by atoms with Crippen LogP contribution in [0.2, 0.25) is 0 Å². The molecule has 194 valence electrons. The van der Waals surface area contributed by atoms with Gasteiger partial charge in [-0.1, -0.05) is 72.8 Å². The molecule has 5 nitrogen and oxygen atoms in total. The summed E-state index contributed by atoms with van der Waals surface area (Å²) in [7, 11) is 0. The van der Waals surface area contributed by atoms with Crippen LogP contribution in [0.1, 0.15) is 13.8 Å². The van der Waals surface area contributed by atoms with E-state index in [1.807, 2.05) is 13.8 Å². The maximum Gasteiger partial charge on any atom is 0.101 e. The van der Waals surface area contributed by atoms with Gasteiger partial charge in [0.05, 0.1) is 38.5 Å². The molecular weight excluding hydrogens is 472 g/mol. The van der Waals surface area contributed by atoms with Crippen LogP contribution in [0.4, 0.5) is 0 Å². The van der Waals surface area contributed by atoms with Crippen molar-refractivity contribution in [2.24, 2.45) is 0 Å². The van der Waals surface area contributed by atoms with Gasteiger partial charge in [0.2, 0.25) is 0 Å². The second-order valence-corrected chi connectivity index (χ2v) is 10.3. The third kappa shape index (κ3) is 4.69. The molecule has 5 heteroatoms. The maximum absolute atomic E-state index is 10.6. The van der Waals surface area contributed by atoms with Crippen molar-refractivity contribution in [3.05, 3.63) is 97.1 Å². The molecule has 0 radical (unpaired) electrons. The van der Waals surface area contributed by atoms with Crippen molar-refractivity contribution in [3.63, 3.8) is 0 Å². The third-order valence-electron chi connectivity index (χ3n) is 7.28. The zero-order valence-electron chi connectivity index (χ0n) is 22.0. The number of hydrogen-bond donors (Lipinski definition) is 1. The minimum absolute atomic E-state index is 0.0654. The molecular formula is C33H34N2O3. The van der Waals surface area contributed by atoms with Crippen LogP contribution in [0, 0.1) is 0 Å². The van der Waals surface area contributed by atoms with Crippen LogP contribution < -0.4 is 0 Å². The summed E-state index contributed by atoms with van der Waals surface area (Å²) in [6.45, 7) is 5.74. The monoisotopic (exact) mass is 506 g/mol. The third-order valence-corrected chi connectivity index (χ3v) is 7.28. The molecule has 2 aromatic heterocycles. The standard InChI is InChI=1S/C33H34N2O3/c1-23(2)37-21-24(36)22-38-25(19-34-30-15-7-3-11-26(30)27-12-4-8-16-31(27)34)20-35-32-17-9-5-13-28(32)29-14-6-10-18-33(29)35/h3-18,23-25,36H,19-22H2,1-2H3. The Morgan fingerprint density at radius 2 is 0.895 bits per heavy atom. The number of aliphatic hydroxyl groups is 1. The number of ether oxygens (including phenoxy) is 2. The van der Waals surface area contributed by atoms with E-state index in [-0.39, 0.29) is 25.4 Å². The largest absolute Gasteiger partial charge is 0.388 e. The Hall–Kier alpha value is -3.64. The lowest BCUT2D eigenvalue weighted by molar-refractivity contribution is -0.0614. The minimum Gasteiger partial charge on any atom is -0.388 e. The molecule has 0 aliphatic rings. The van der Waals surface area contributed by atoms with E-state index < -0.39 is 6.10 Å². The summed E-state index contributed by atoms with van der Waals surface area (Å²) in [5.41, 5.74) is 4.75. The van der Waals surface area contributed by atoms with Crippen molar-refractivity contribution in [1.82, 2.24) is 9.13 Å². The second kappa shape index (κ2) is 10.6. The van der Waals surface area contributed by atoms with E-state index in [1.165, 1.54) is 43.6 Å². The fourth-order valence-electron chi connectivity index (χ4n) is 5.57. The number of para-hydroxylation sites is 4. The molecule has 2 heterocycles. The van der Waals surface area contributed by atoms with Gasteiger partial charge in [-0.25, -0.2) is 0 Å². The molecule has 1 unspecified atom stereocenters. The van der Waals surface area contributed by atoms with Crippen LogP contribution in [0.5, 0.6) is 0 Å². The van der Waals surface area contributed by atoms with Gasteiger partial charge < -0.3 is 23.7 Å². The average Bonchev–Trinajstić information content (AvgIpc) is 3.44. The molecule has 4 aromatic carbocycles.